The fraction of sp³-hybridized carbons (Fsp3) is 0.500. The Kier molecular flexibility index (Phi) is 4.16. The Hall–Kier alpha value is -0.640. The van der Waals surface area contributed by atoms with Crippen molar-refractivity contribution < 1.29 is 14.3 Å². The fourth-order valence-electron chi connectivity index (χ4n) is 0.145. The Morgan fingerprint density at radius 3 is 2.88 bits per heavy atom. The van der Waals surface area contributed by atoms with Crippen LogP contribution in [0.2, 0.25) is 0 Å². The maximum absolute atomic E-state index is 9.97. The van der Waals surface area contributed by atoms with Gasteiger partial charge in [0.2, 0.25) is 6.79 Å². The van der Waals surface area contributed by atoms with E-state index < -0.39 is 0 Å². The summed E-state index contributed by atoms with van der Waals surface area (Å²) >= 11 is 4.27. The summed E-state index contributed by atoms with van der Waals surface area (Å²) in [7, 11) is 0. The number of carbonyl (C=O) groups is 1. The Bertz CT molecular complexity index is 91.3. The molecule has 0 rings (SSSR count). The highest BCUT2D eigenvalue weighted by atomic mass is 32.1. The zero-order valence-corrected chi connectivity index (χ0v) is 5.23. The van der Waals surface area contributed by atoms with Crippen LogP contribution in [-0.2, 0) is 14.3 Å². The quantitative estimate of drug-likeness (QED) is 0.243. The zero-order chi connectivity index (χ0) is 6.41. The summed E-state index contributed by atoms with van der Waals surface area (Å²) in [4.78, 5) is 9.97. The van der Waals surface area contributed by atoms with Crippen LogP contribution in [0, 0.1) is 0 Å². The lowest BCUT2D eigenvalue weighted by Gasteiger charge is -1.96. The summed E-state index contributed by atoms with van der Waals surface area (Å²) in [5, 5.41) is 0. The van der Waals surface area contributed by atoms with Crippen LogP contribution in [0.4, 0.5) is 0 Å². The Balaban J connectivity index is 2.93. The standard InChI is InChI=1S/C4H6O3S/c1-4(5)7-2-6-3-8/h3H,2H2,1H3. The van der Waals surface area contributed by atoms with E-state index in [1.807, 2.05) is 0 Å². The van der Waals surface area contributed by atoms with Gasteiger partial charge in [0, 0.05) is 6.92 Å². The highest BCUT2D eigenvalue weighted by molar-refractivity contribution is 7.78. The monoisotopic (exact) mass is 134 g/mol. The largest absolute Gasteiger partial charge is 0.454 e. The van der Waals surface area contributed by atoms with Gasteiger partial charge in [0.15, 0.2) is 5.55 Å². The van der Waals surface area contributed by atoms with Crippen LogP contribution >= 0.6 is 12.2 Å². The predicted octanol–water partition coefficient (Wildman–Crippen LogP) is 0.481. The van der Waals surface area contributed by atoms with Gasteiger partial charge in [0.25, 0.3) is 0 Å². The predicted molar refractivity (Wildman–Crippen MR) is 31.4 cm³/mol. The first-order valence-electron chi connectivity index (χ1n) is 1.96. The summed E-state index contributed by atoms with van der Waals surface area (Å²) in [6, 6.07) is 0. The van der Waals surface area contributed by atoms with Gasteiger partial charge in [-0.2, -0.15) is 0 Å². The molecule has 46 valence electrons. The van der Waals surface area contributed by atoms with Crippen LogP contribution in [0.5, 0.6) is 0 Å². The molecule has 0 fully saturated rings. The molecule has 0 saturated carbocycles. The van der Waals surface area contributed by atoms with E-state index in [1.54, 1.807) is 0 Å². The zero-order valence-electron chi connectivity index (χ0n) is 4.42. The molecule has 0 aromatic heterocycles. The third kappa shape index (κ3) is 5.36. The Morgan fingerprint density at radius 1 is 1.88 bits per heavy atom. The van der Waals surface area contributed by atoms with Crippen molar-refractivity contribution in [3.8, 4) is 0 Å². The Labute approximate surface area is 52.6 Å². The van der Waals surface area contributed by atoms with Gasteiger partial charge in [0.1, 0.15) is 0 Å². The van der Waals surface area contributed by atoms with E-state index in [0.29, 0.717) is 0 Å². The molecule has 0 aliphatic carbocycles. The smallest absolute Gasteiger partial charge is 0.305 e. The molecule has 0 heterocycles. The number of hydrogen-bond acceptors (Lipinski definition) is 4. The van der Waals surface area contributed by atoms with Crippen molar-refractivity contribution in [2.75, 3.05) is 6.79 Å². The minimum atomic E-state index is -0.373. The second-order valence-corrected chi connectivity index (χ2v) is 1.21. The van der Waals surface area contributed by atoms with Crippen LogP contribution in [0.25, 0.3) is 0 Å². The van der Waals surface area contributed by atoms with Gasteiger partial charge in [-0.15, -0.1) is 0 Å². The molecule has 0 aliphatic rings. The molecule has 0 aromatic carbocycles. The lowest BCUT2D eigenvalue weighted by Crippen LogP contribution is -2.02. The van der Waals surface area contributed by atoms with E-state index in [0.717, 1.165) is 5.55 Å². The number of ether oxygens (including phenoxy) is 2. The second kappa shape index (κ2) is 4.52. The number of carbonyl (C=O) groups excluding carboxylic acids is 1. The number of rotatable bonds is 3. The van der Waals surface area contributed by atoms with Crippen LogP contribution in [-0.4, -0.2) is 18.3 Å². The normalized spacial score (nSPS) is 7.62. The van der Waals surface area contributed by atoms with E-state index >= 15 is 0 Å². The van der Waals surface area contributed by atoms with Gasteiger partial charge in [-0.05, 0) is 12.2 Å². The maximum Gasteiger partial charge on any atom is 0.305 e. The lowest BCUT2D eigenvalue weighted by atomic mass is 10.8. The molecule has 0 N–H and O–H groups in total. The first kappa shape index (κ1) is 7.36. The molecule has 0 aromatic rings. The summed E-state index contributed by atoms with van der Waals surface area (Å²) in [6.45, 7) is 1.21. The summed E-state index contributed by atoms with van der Waals surface area (Å²) < 4.78 is 8.71. The molecule has 0 unspecified atom stereocenters. The van der Waals surface area contributed by atoms with E-state index in [-0.39, 0.29) is 12.8 Å². The Morgan fingerprint density at radius 2 is 2.50 bits per heavy atom. The van der Waals surface area contributed by atoms with Crippen LogP contribution in [0.1, 0.15) is 6.92 Å². The topological polar surface area (TPSA) is 35.5 Å². The van der Waals surface area contributed by atoms with Gasteiger partial charge in [0.05, 0.1) is 0 Å². The first-order chi connectivity index (χ1) is 3.77. The van der Waals surface area contributed by atoms with E-state index in [1.165, 1.54) is 6.92 Å². The number of esters is 1. The molecule has 0 atom stereocenters. The van der Waals surface area contributed by atoms with Gasteiger partial charge >= 0.3 is 5.97 Å². The van der Waals surface area contributed by atoms with Gasteiger partial charge < -0.3 is 9.47 Å². The van der Waals surface area contributed by atoms with Crippen molar-refractivity contribution in [1.82, 2.24) is 0 Å². The van der Waals surface area contributed by atoms with E-state index in [2.05, 4.69) is 21.7 Å². The molecule has 0 aliphatic heterocycles. The number of hydrogen-bond donors (Lipinski definition) is 0. The average molecular weight is 134 g/mol. The summed E-state index contributed by atoms with van der Waals surface area (Å²) in [5.41, 5.74) is 1.04. The third-order valence-corrected chi connectivity index (χ3v) is 0.534. The third-order valence-electron chi connectivity index (χ3n) is 0.398. The van der Waals surface area contributed by atoms with E-state index in [9.17, 15) is 4.79 Å². The molecular weight excluding hydrogens is 128 g/mol. The molecule has 0 radical (unpaired) electrons. The fourth-order valence-corrected chi connectivity index (χ4v) is 0.200. The molecule has 0 amide bonds. The van der Waals surface area contributed by atoms with Crippen molar-refractivity contribution in [2.24, 2.45) is 0 Å². The summed E-state index contributed by atoms with van der Waals surface area (Å²) in [6.07, 6.45) is 0. The van der Waals surface area contributed by atoms with Gasteiger partial charge in [-0.1, -0.05) is 0 Å². The summed E-state index contributed by atoms with van der Waals surface area (Å²) in [5.74, 6) is -0.373. The minimum absolute atomic E-state index is 0.0845. The van der Waals surface area contributed by atoms with Gasteiger partial charge in [-0.25, -0.2) is 0 Å². The molecule has 0 saturated heterocycles. The molecule has 4 heteroatoms. The van der Waals surface area contributed by atoms with Crippen molar-refractivity contribution in [2.45, 2.75) is 6.92 Å². The van der Waals surface area contributed by atoms with Crippen molar-refractivity contribution in [1.29, 1.82) is 0 Å². The SMILES string of the molecule is CC(=O)OCOC=S. The highest BCUT2D eigenvalue weighted by Crippen LogP contribution is 1.74. The highest BCUT2D eigenvalue weighted by Gasteiger charge is 1.86. The van der Waals surface area contributed by atoms with Crippen LogP contribution in [0.3, 0.4) is 0 Å². The molecule has 0 bridgehead atoms. The van der Waals surface area contributed by atoms with E-state index in [4.69, 9.17) is 0 Å². The molecular formula is C4H6O3S. The molecule has 8 heavy (non-hydrogen) atoms. The molecule has 0 spiro atoms. The van der Waals surface area contributed by atoms with Crippen LogP contribution < -0.4 is 0 Å². The van der Waals surface area contributed by atoms with Crippen molar-refractivity contribution in [3.63, 3.8) is 0 Å². The van der Waals surface area contributed by atoms with Crippen molar-refractivity contribution >= 4 is 23.7 Å². The minimum Gasteiger partial charge on any atom is -0.454 e. The maximum atomic E-state index is 9.97. The van der Waals surface area contributed by atoms with Crippen molar-refractivity contribution in [3.05, 3.63) is 0 Å². The first-order valence-corrected chi connectivity index (χ1v) is 2.43. The second-order valence-electron chi connectivity index (χ2n) is 1.02. The van der Waals surface area contributed by atoms with Crippen LogP contribution in [0.15, 0.2) is 0 Å². The van der Waals surface area contributed by atoms with Gasteiger partial charge in [-0.3, -0.25) is 4.79 Å². The number of thiocarbonyl (C=S) groups is 1. The average Bonchev–Trinajstić information content (AvgIpc) is 1.66. The lowest BCUT2D eigenvalue weighted by molar-refractivity contribution is -0.147. The molecule has 3 nitrogen and oxygen atoms in total.